The van der Waals surface area contributed by atoms with Gasteiger partial charge in [-0.2, -0.15) is 10.4 Å². The topological polar surface area (TPSA) is 75.1 Å². The fourth-order valence-electron chi connectivity index (χ4n) is 2.09. The van der Waals surface area contributed by atoms with Gasteiger partial charge in [-0.05, 0) is 18.2 Å². The zero-order valence-electron chi connectivity index (χ0n) is 10.8. The summed E-state index contributed by atoms with van der Waals surface area (Å²) in [5.41, 5.74) is 1.32. The number of nitrogens with one attached hydrogen (secondary N) is 1. The first kappa shape index (κ1) is 12.9. The van der Waals surface area contributed by atoms with Crippen LogP contribution in [0.15, 0.2) is 42.9 Å². The molecule has 0 radical (unpaired) electrons. The van der Waals surface area contributed by atoms with Crippen LogP contribution in [0.2, 0.25) is 0 Å². The Hall–Kier alpha value is -3.14. The number of benzene rings is 1. The highest BCUT2D eigenvalue weighted by molar-refractivity contribution is 5.90. The molecule has 0 saturated heterocycles. The lowest BCUT2D eigenvalue weighted by atomic mass is 10.3. The van der Waals surface area contributed by atoms with Gasteiger partial charge in [-0.15, -0.1) is 0 Å². The number of nitrogens with zero attached hydrogens (tertiary/aromatic N) is 4. The molecule has 6 nitrogen and oxygen atoms in total. The maximum atomic E-state index is 13.1. The van der Waals surface area contributed by atoms with Gasteiger partial charge in [-0.3, -0.25) is 4.79 Å². The number of hydrogen-bond donors (Lipinski definition) is 1. The van der Waals surface area contributed by atoms with Crippen LogP contribution in [0.3, 0.4) is 0 Å². The summed E-state index contributed by atoms with van der Waals surface area (Å²) >= 11 is 0. The molecular formula is C14H10FN5O. The molecule has 0 unspecified atom stereocenters. The van der Waals surface area contributed by atoms with Crippen molar-refractivity contribution in [2.75, 3.05) is 5.32 Å². The van der Waals surface area contributed by atoms with E-state index in [9.17, 15) is 9.18 Å². The van der Waals surface area contributed by atoms with E-state index >= 15 is 0 Å². The van der Waals surface area contributed by atoms with Crippen LogP contribution in [0.5, 0.6) is 0 Å². The minimum Gasteiger partial charge on any atom is -0.324 e. The molecule has 1 amide bonds. The van der Waals surface area contributed by atoms with Gasteiger partial charge in [0.2, 0.25) is 5.91 Å². The Bertz CT molecular complexity index is 858. The van der Waals surface area contributed by atoms with Crippen molar-refractivity contribution in [3.05, 3.63) is 54.2 Å². The van der Waals surface area contributed by atoms with Gasteiger partial charge in [0.15, 0.2) is 5.65 Å². The smallest absolute Gasteiger partial charge is 0.244 e. The first-order valence-electron chi connectivity index (χ1n) is 6.15. The average molecular weight is 283 g/mol. The van der Waals surface area contributed by atoms with Crippen LogP contribution in [0.4, 0.5) is 10.1 Å². The second-order valence-electron chi connectivity index (χ2n) is 4.42. The van der Waals surface area contributed by atoms with E-state index in [0.717, 1.165) is 0 Å². The van der Waals surface area contributed by atoms with Crippen molar-refractivity contribution in [2.24, 2.45) is 0 Å². The van der Waals surface area contributed by atoms with Gasteiger partial charge >= 0.3 is 0 Å². The second-order valence-corrected chi connectivity index (χ2v) is 4.42. The van der Waals surface area contributed by atoms with Crippen LogP contribution in [-0.2, 0) is 11.3 Å². The number of carbonyl (C=O) groups is 1. The van der Waals surface area contributed by atoms with E-state index in [1.807, 2.05) is 6.07 Å². The lowest BCUT2D eigenvalue weighted by molar-refractivity contribution is -0.116. The van der Waals surface area contributed by atoms with Crippen molar-refractivity contribution in [3.63, 3.8) is 0 Å². The summed E-state index contributed by atoms with van der Waals surface area (Å²) in [6, 6.07) is 7.68. The SMILES string of the molecule is N#Cc1cnn2ccn(CC(=O)Nc3cccc(F)c3)c12. The molecule has 3 rings (SSSR count). The largest absolute Gasteiger partial charge is 0.324 e. The molecule has 21 heavy (non-hydrogen) atoms. The average Bonchev–Trinajstić information content (AvgIpc) is 3.01. The van der Waals surface area contributed by atoms with E-state index in [4.69, 9.17) is 5.26 Å². The number of anilines is 1. The highest BCUT2D eigenvalue weighted by Crippen LogP contribution is 2.12. The van der Waals surface area contributed by atoms with Crippen molar-refractivity contribution < 1.29 is 9.18 Å². The molecule has 0 fully saturated rings. The van der Waals surface area contributed by atoms with E-state index < -0.39 is 5.82 Å². The summed E-state index contributed by atoms with van der Waals surface area (Å²) in [5.74, 6) is -0.734. The molecule has 0 aliphatic carbocycles. The summed E-state index contributed by atoms with van der Waals surface area (Å²) in [4.78, 5) is 12.0. The second kappa shape index (κ2) is 5.09. The molecule has 0 bridgehead atoms. The molecule has 0 atom stereocenters. The van der Waals surface area contributed by atoms with E-state index in [0.29, 0.717) is 16.9 Å². The minimum absolute atomic E-state index is 0.00733. The number of halogens is 1. The zero-order valence-corrected chi connectivity index (χ0v) is 10.8. The Balaban J connectivity index is 1.80. The molecule has 1 aromatic carbocycles. The lowest BCUT2D eigenvalue weighted by Gasteiger charge is -2.06. The summed E-state index contributed by atoms with van der Waals surface area (Å²) in [7, 11) is 0. The predicted octanol–water partition coefficient (Wildman–Crippen LogP) is 1.79. The summed E-state index contributed by atoms with van der Waals surface area (Å²) in [5, 5.41) is 15.6. The Morgan fingerprint density at radius 2 is 2.29 bits per heavy atom. The van der Waals surface area contributed by atoms with Crippen LogP contribution in [-0.4, -0.2) is 20.1 Å². The highest BCUT2D eigenvalue weighted by atomic mass is 19.1. The molecule has 104 valence electrons. The van der Waals surface area contributed by atoms with Gasteiger partial charge in [0.1, 0.15) is 24.0 Å². The van der Waals surface area contributed by atoms with E-state index in [1.54, 1.807) is 23.0 Å². The van der Waals surface area contributed by atoms with E-state index in [-0.39, 0.29) is 12.5 Å². The predicted molar refractivity (Wildman–Crippen MR) is 72.9 cm³/mol. The molecule has 0 aliphatic rings. The van der Waals surface area contributed by atoms with E-state index in [1.165, 1.54) is 28.9 Å². The Morgan fingerprint density at radius 1 is 1.43 bits per heavy atom. The zero-order chi connectivity index (χ0) is 14.8. The molecule has 0 aliphatic heterocycles. The Kier molecular flexibility index (Phi) is 3.12. The number of carbonyl (C=O) groups excluding carboxylic acids is 1. The van der Waals surface area contributed by atoms with Gasteiger partial charge in [0.25, 0.3) is 0 Å². The standard InChI is InChI=1S/C14H10FN5O/c15-11-2-1-3-12(6-11)18-13(21)9-19-4-5-20-14(19)10(7-16)8-17-20/h1-6,8H,9H2,(H,18,21). The summed E-state index contributed by atoms with van der Waals surface area (Å²) in [6.07, 6.45) is 4.76. The van der Waals surface area contributed by atoms with Crippen molar-refractivity contribution in [1.82, 2.24) is 14.2 Å². The number of nitriles is 1. The van der Waals surface area contributed by atoms with Crippen molar-refractivity contribution in [3.8, 4) is 6.07 Å². The number of aromatic nitrogens is 3. The van der Waals surface area contributed by atoms with Crippen molar-refractivity contribution >= 4 is 17.2 Å². The van der Waals surface area contributed by atoms with Gasteiger partial charge in [0, 0.05) is 18.1 Å². The number of imidazole rings is 1. The van der Waals surface area contributed by atoms with Crippen molar-refractivity contribution in [1.29, 1.82) is 5.26 Å². The molecule has 7 heteroatoms. The van der Waals surface area contributed by atoms with Crippen molar-refractivity contribution in [2.45, 2.75) is 6.54 Å². The fraction of sp³-hybridized carbons (Fsp3) is 0.0714. The van der Waals surface area contributed by atoms with Gasteiger partial charge < -0.3 is 9.88 Å². The third-order valence-corrected chi connectivity index (χ3v) is 2.97. The molecule has 0 saturated carbocycles. The quantitative estimate of drug-likeness (QED) is 0.796. The molecule has 2 aromatic heterocycles. The number of fused-ring (bicyclic) bond motifs is 1. The molecule has 3 aromatic rings. The Morgan fingerprint density at radius 3 is 3.05 bits per heavy atom. The number of hydrogen-bond acceptors (Lipinski definition) is 3. The van der Waals surface area contributed by atoms with Gasteiger partial charge in [-0.1, -0.05) is 6.07 Å². The van der Waals surface area contributed by atoms with Crippen LogP contribution >= 0.6 is 0 Å². The Labute approximate surface area is 119 Å². The summed E-state index contributed by atoms with van der Waals surface area (Å²) in [6.45, 7) is 0.00733. The van der Waals surface area contributed by atoms with Crippen LogP contribution in [0, 0.1) is 17.1 Å². The normalized spacial score (nSPS) is 10.5. The van der Waals surface area contributed by atoms with Gasteiger partial charge in [-0.25, -0.2) is 8.91 Å². The molecule has 2 heterocycles. The lowest BCUT2D eigenvalue weighted by Crippen LogP contribution is -2.18. The molecular weight excluding hydrogens is 273 g/mol. The van der Waals surface area contributed by atoms with Crippen LogP contribution in [0.1, 0.15) is 5.56 Å². The maximum absolute atomic E-state index is 13.1. The van der Waals surface area contributed by atoms with Gasteiger partial charge in [0.05, 0.1) is 6.20 Å². The first-order valence-corrected chi connectivity index (χ1v) is 6.15. The third kappa shape index (κ3) is 2.47. The maximum Gasteiger partial charge on any atom is 0.244 e. The van der Waals surface area contributed by atoms with Crippen LogP contribution < -0.4 is 5.32 Å². The number of amides is 1. The first-order chi connectivity index (χ1) is 10.2. The van der Waals surface area contributed by atoms with E-state index in [2.05, 4.69) is 10.4 Å². The fourth-order valence-corrected chi connectivity index (χ4v) is 2.09. The molecule has 0 spiro atoms. The summed E-state index contributed by atoms with van der Waals surface area (Å²) < 4.78 is 16.2. The third-order valence-electron chi connectivity index (χ3n) is 2.97. The number of rotatable bonds is 3. The monoisotopic (exact) mass is 283 g/mol. The highest BCUT2D eigenvalue weighted by Gasteiger charge is 2.11. The minimum atomic E-state index is -0.418. The van der Waals surface area contributed by atoms with Crippen LogP contribution in [0.25, 0.3) is 5.65 Å². The molecule has 1 N–H and O–H groups in total.